The summed E-state index contributed by atoms with van der Waals surface area (Å²) < 4.78 is 7.85. The Labute approximate surface area is 108 Å². The number of allylic oxidation sites excluding steroid dienone is 1. The third kappa shape index (κ3) is 3.36. The summed E-state index contributed by atoms with van der Waals surface area (Å²) in [7, 11) is 0. The predicted octanol–water partition coefficient (Wildman–Crippen LogP) is 3.44. The van der Waals surface area contributed by atoms with Gasteiger partial charge in [-0.15, -0.1) is 46.5 Å². The number of hydrogen-bond acceptors (Lipinski definition) is 0. The molecular formula is C12H15Y-. The fraction of sp³-hybridized carbons (Fsp3) is 0.333. The van der Waals surface area contributed by atoms with Gasteiger partial charge < -0.3 is 0 Å². The van der Waals surface area contributed by atoms with Crippen LogP contribution in [0.3, 0.4) is 0 Å². The van der Waals surface area contributed by atoms with Gasteiger partial charge in [0.1, 0.15) is 0 Å². The molecule has 0 unspecified atom stereocenters. The zero-order valence-corrected chi connectivity index (χ0v) is 11.6. The minimum atomic E-state index is 0. The average Bonchev–Trinajstić information content (AvgIpc) is 2.11. The molecule has 1 radical (unpaired) electrons. The van der Waals surface area contributed by atoms with Crippen LogP contribution >= 0.6 is 0 Å². The van der Waals surface area contributed by atoms with Crippen molar-refractivity contribution in [3.8, 4) is 0 Å². The summed E-state index contributed by atoms with van der Waals surface area (Å²) in [4.78, 5) is 0. The van der Waals surface area contributed by atoms with Gasteiger partial charge >= 0.3 is 0 Å². The Morgan fingerprint density at radius 1 is 1.31 bits per heavy atom. The first-order valence-electron chi connectivity index (χ1n) is 4.70. The van der Waals surface area contributed by atoms with E-state index < -0.39 is 0 Å². The van der Waals surface area contributed by atoms with E-state index >= 15 is 0 Å². The number of hydrogen-bond donors (Lipinski definition) is 0. The zero-order valence-electron chi connectivity index (χ0n) is 9.73. The largest absolute Gasteiger partial charge is 0.148 e. The second-order valence-electron chi connectivity index (χ2n) is 3.04. The van der Waals surface area contributed by atoms with Crippen molar-refractivity contribution in [2.45, 2.75) is 27.7 Å². The van der Waals surface area contributed by atoms with Gasteiger partial charge in [0.15, 0.2) is 0 Å². The molecule has 0 N–H and O–H groups in total. The molecule has 0 saturated carbocycles. The molecule has 0 heterocycles. The van der Waals surface area contributed by atoms with E-state index in [9.17, 15) is 0 Å². The minimum absolute atomic E-state index is 0. The Kier molecular flexibility index (Phi) is 4.90. The SMILES string of the molecule is [3H]c1c(C)c(C)[c-]c(C=CC)c1C.[Y]. The van der Waals surface area contributed by atoms with Crippen LogP contribution < -0.4 is 0 Å². The van der Waals surface area contributed by atoms with E-state index in [4.69, 9.17) is 1.37 Å². The second-order valence-corrected chi connectivity index (χ2v) is 3.04. The molecule has 0 nitrogen and oxygen atoms in total. The van der Waals surface area contributed by atoms with Gasteiger partial charge in [-0.2, -0.15) is 0 Å². The molecule has 1 rings (SSSR count). The van der Waals surface area contributed by atoms with E-state index in [-0.39, 0.29) is 32.7 Å². The Balaban J connectivity index is 0.00000169. The topological polar surface area (TPSA) is 0 Å². The molecule has 1 aromatic carbocycles. The van der Waals surface area contributed by atoms with Crippen LogP contribution in [0.1, 0.15) is 30.5 Å². The fourth-order valence-electron chi connectivity index (χ4n) is 1.17. The Morgan fingerprint density at radius 3 is 2.46 bits per heavy atom. The van der Waals surface area contributed by atoms with Crippen molar-refractivity contribution in [2.24, 2.45) is 0 Å². The van der Waals surface area contributed by atoms with Gasteiger partial charge in [-0.1, -0.05) is 27.7 Å². The second kappa shape index (κ2) is 5.72. The zero-order chi connectivity index (χ0) is 10.0. The first-order valence-corrected chi connectivity index (χ1v) is 4.20. The molecular weight excluding hydrogens is 233 g/mol. The maximum atomic E-state index is 7.85. The molecule has 1 heteroatoms. The third-order valence-electron chi connectivity index (χ3n) is 2.00. The molecule has 0 aliphatic heterocycles. The number of aryl methyl sites for hydroxylation is 1. The minimum Gasteiger partial charge on any atom is -0.148 e. The van der Waals surface area contributed by atoms with Crippen molar-refractivity contribution in [2.75, 3.05) is 0 Å². The molecule has 67 valence electrons. The molecule has 0 fully saturated rings. The summed E-state index contributed by atoms with van der Waals surface area (Å²) in [5, 5.41) is 0. The summed E-state index contributed by atoms with van der Waals surface area (Å²) >= 11 is 0. The molecule has 0 aliphatic rings. The molecule has 0 spiro atoms. The molecule has 1 aromatic rings. The Hall–Kier alpha value is 0.0639. The Bertz CT molecular complexity index is 354. The third-order valence-corrected chi connectivity index (χ3v) is 2.00. The quantitative estimate of drug-likeness (QED) is 0.670. The van der Waals surface area contributed by atoms with Crippen LogP contribution in [0.15, 0.2) is 12.1 Å². The predicted molar refractivity (Wildman–Crippen MR) is 54.2 cm³/mol. The average molecular weight is 250 g/mol. The monoisotopic (exact) mass is 250 g/mol. The fourth-order valence-corrected chi connectivity index (χ4v) is 1.17. The van der Waals surface area contributed by atoms with Crippen molar-refractivity contribution in [3.05, 3.63) is 40.4 Å². The normalized spacial score (nSPS) is 11.2. The number of rotatable bonds is 1. The molecule has 13 heavy (non-hydrogen) atoms. The summed E-state index contributed by atoms with van der Waals surface area (Å²) in [6.07, 6.45) is 3.98. The van der Waals surface area contributed by atoms with Crippen LogP contribution in [0, 0.1) is 26.8 Å². The van der Waals surface area contributed by atoms with Crippen LogP contribution in [-0.4, -0.2) is 0 Å². The molecule has 0 bridgehead atoms. The van der Waals surface area contributed by atoms with Crippen LogP contribution in [0.25, 0.3) is 6.08 Å². The Morgan fingerprint density at radius 2 is 1.92 bits per heavy atom. The molecule has 0 aliphatic carbocycles. The van der Waals surface area contributed by atoms with Crippen LogP contribution in [0.2, 0.25) is 0 Å². The van der Waals surface area contributed by atoms with Gasteiger partial charge in [0, 0.05) is 34.1 Å². The first kappa shape index (κ1) is 11.1. The van der Waals surface area contributed by atoms with E-state index in [1.807, 2.05) is 39.8 Å². The van der Waals surface area contributed by atoms with E-state index in [0.29, 0.717) is 6.04 Å². The standard InChI is InChI=1S/C12H15.Y/c1-5-6-12-8-10(3)9(2)7-11(12)4;/h5-7H,1-4H3;/q-1;/i7T;. The van der Waals surface area contributed by atoms with Gasteiger partial charge in [-0.05, 0) is 0 Å². The molecule has 0 aromatic heterocycles. The van der Waals surface area contributed by atoms with E-state index in [1.165, 1.54) is 0 Å². The van der Waals surface area contributed by atoms with Crippen molar-refractivity contribution in [1.29, 1.82) is 0 Å². The molecule has 0 amide bonds. The van der Waals surface area contributed by atoms with Gasteiger partial charge in [-0.3, -0.25) is 0 Å². The summed E-state index contributed by atoms with van der Waals surface area (Å²) in [6, 6.07) is 3.92. The van der Waals surface area contributed by atoms with E-state index in [0.717, 1.165) is 22.3 Å². The van der Waals surface area contributed by atoms with Crippen LogP contribution in [-0.2, 0) is 32.7 Å². The van der Waals surface area contributed by atoms with Gasteiger partial charge in [0.2, 0.25) is 0 Å². The van der Waals surface area contributed by atoms with Gasteiger partial charge in [0.05, 0.1) is 0 Å². The van der Waals surface area contributed by atoms with Crippen LogP contribution in [0.5, 0.6) is 0 Å². The first-order chi connectivity index (χ1) is 6.07. The van der Waals surface area contributed by atoms with Crippen molar-refractivity contribution < 1.29 is 34.1 Å². The van der Waals surface area contributed by atoms with Crippen LogP contribution in [0.4, 0.5) is 0 Å². The van der Waals surface area contributed by atoms with Crippen molar-refractivity contribution in [3.63, 3.8) is 0 Å². The molecule has 0 atom stereocenters. The van der Waals surface area contributed by atoms with E-state index in [2.05, 4.69) is 6.07 Å². The maximum absolute atomic E-state index is 7.85. The van der Waals surface area contributed by atoms with Crippen molar-refractivity contribution >= 4 is 6.08 Å². The van der Waals surface area contributed by atoms with E-state index in [1.54, 1.807) is 0 Å². The van der Waals surface area contributed by atoms with Gasteiger partial charge in [-0.25, -0.2) is 0 Å². The maximum Gasteiger partial charge on any atom is 0.0411 e. The summed E-state index contributed by atoms with van der Waals surface area (Å²) in [5.74, 6) is 0. The van der Waals surface area contributed by atoms with Gasteiger partial charge in [0.25, 0.3) is 0 Å². The smallest absolute Gasteiger partial charge is 0.0411 e. The van der Waals surface area contributed by atoms with Crippen molar-refractivity contribution in [1.82, 2.24) is 0 Å². The molecule has 0 saturated heterocycles. The number of benzene rings is 1. The summed E-state index contributed by atoms with van der Waals surface area (Å²) in [6.45, 7) is 7.92. The summed E-state index contributed by atoms with van der Waals surface area (Å²) in [5.41, 5.74) is 4.16.